The summed E-state index contributed by atoms with van der Waals surface area (Å²) in [7, 11) is -4.09. The van der Waals surface area contributed by atoms with Gasteiger partial charge in [-0.3, -0.25) is 4.72 Å². The third-order valence-corrected chi connectivity index (χ3v) is 4.91. The average molecular weight is 412 g/mol. The first-order valence-electron chi connectivity index (χ1n) is 7.73. The van der Waals surface area contributed by atoms with Crippen LogP contribution in [0.3, 0.4) is 0 Å². The van der Waals surface area contributed by atoms with E-state index < -0.39 is 27.6 Å². The molecule has 10 heteroatoms. The Balaban J connectivity index is 1.71. The molecule has 146 valence electrons. The van der Waals surface area contributed by atoms with Crippen LogP contribution in [0.15, 0.2) is 71.8 Å². The van der Waals surface area contributed by atoms with Gasteiger partial charge in [-0.05, 0) is 54.6 Å². The van der Waals surface area contributed by atoms with Crippen molar-refractivity contribution in [2.45, 2.75) is 11.1 Å². The number of anilines is 1. The van der Waals surface area contributed by atoms with Gasteiger partial charge in [-0.25, -0.2) is 17.8 Å². The molecule has 0 saturated carbocycles. The summed E-state index contributed by atoms with van der Waals surface area (Å²) in [6, 6.07) is 11.1. The normalized spacial score (nSPS) is 11.9. The Morgan fingerprint density at radius 3 is 2.07 bits per heavy atom. The number of hydrogen-bond donors (Lipinski definition) is 1. The zero-order valence-electron chi connectivity index (χ0n) is 13.9. The van der Waals surface area contributed by atoms with Crippen LogP contribution in [0.2, 0.25) is 0 Å². The van der Waals surface area contributed by atoms with Gasteiger partial charge < -0.3 is 4.74 Å². The number of benzene rings is 2. The van der Waals surface area contributed by atoms with Crippen molar-refractivity contribution < 1.29 is 30.7 Å². The van der Waals surface area contributed by atoms with Gasteiger partial charge in [0.2, 0.25) is 5.88 Å². The van der Waals surface area contributed by atoms with Crippen molar-refractivity contribution in [1.29, 1.82) is 0 Å². The van der Waals surface area contributed by atoms with Crippen molar-refractivity contribution in [3.8, 4) is 11.6 Å². The highest BCUT2D eigenvalue weighted by Gasteiger charge is 2.30. The lowest BCUT2D eigenvalue weighted by Crippen LogP contribution is -2.14. The number of rotatable bonds is 5. The maximum absolute atomic E-state index is 12.9. The van der Waals surface area contributed by atoms with E-state index in [2.05, 4.69) is 9.71 Å². The minimum Gasteiger partial charge on any atom is -0.439 e. The average Bonchev–Trinajstić information content (AvgIpc) is 2.64. The molecule has 0 amide bonds. The van der Waals surface area contributed by atoms with Gasteiger partial charge in [-0.15, -0.1) is 0 Å². The minimum atomic E-state index is -4.56. The summed E-state index contributed by atoms with van der Waals surface area (Å²) in [6.45, 7) is 0. The van der Waals surface area contributed by atoms with Crippen molar-refractivity contribution in [3.63, 3.8) is 0 Å². The second-order valence-corrected chi connectivity index (χ2v) is 7.25. The Hall–Kier alpha value is -3.14. The first kappa shape index (κ1) is 19.6. The standard InChI is InChI=1S/C18H12F4N2O3S/c19-13-3-6-15(7-4-13)27-17-10-5-14(11-23-17)24-28(25,26)16-8-1-12(2-9-16)18(20,21)22/h1-11,24H. The van der Waals surface area contributed by atoms with E-state index in [-0.39, 0.29) is 16.5 Å². The van der Waals surface area contributed by atoms with Gasteiger partial charge in [-0.1, -0.05) is 0 Å². The predicted octanol–water partition coefficient (Wildman–Crippen LogP) is 4.83. The van der Waals surface area contributed by atoms with Crippen LogP contribution in [-0.2, 0) is 16.2 Å². The molecule has 1 aromatic heterocycles. The molecule has 0 radical (unpaired) electrons. The van der Waals surface area contributed by atoms with E-state index in [1.54, 1.807) is 0 Å². The lowest BCUT2D eigenvalue weighted by Gasteiger charge is -2.10. The number of pyridine rings is 1. The summed E-state index contributed by atoms with van der Waals surface area (Å²) in [5.74, 6) is 0.0596. The quantitative estimate of drug-likeness (QED) is 0.610. The van der Waals surface area contributed by atoms with Crippen LogP contribution in [0, 0.1) is 5.82 Å². The number of nitrogens with zero attached hydrogens (tertiary/aromatic N) is 1. The van der Waals surface area contributed by atoms with Gasteiger partial charge >= 0.3 is 6.18 Å². The minimum absolute atomic E-state index is 0.0892. The van der Waals surface area contributed by atoms with Crippen LogP contribution in [-0.4, -0.2) is 13.4 Å². The fourth-order valence-electron chi connectivity index (χ4n) is 2.16. The summed E-state index contributed by atoms with van der Waals surface area (Å²) in [5.41, 5.74) is -0.859. The number of aromatic nitrogens is 1. The van der Waals surface area contributed by atoms with E-state index in [9.17, 15) is 26.0 Å². The van der Waals surface area contributed by atoms with Crippen molar-refractivity contribution in [1.82, 2.24) is 4.98 Å². The molecule has 0 atom stereocenters. The van der Waals surface area contributed by atoms with E-state index in [0.29, 0.717) is 17.9 Å². The summed E-state index contributed by atoms with van der Waals surface area (Å²) >= 11 is 0. The number of ether oxygens (including phenoxy) is 1. The van der Waals surface area contributed by atoms with Gasteiger partial charge in [0, 0.05) is 6.07 Å². The third kappa shape index (κ3) is 4.77. The SMILES string of the molecule is O=S(=O)(Nc1ccc(Oc2ccc(F)cc2)nc1)c1ccc(C(F)(F)F)cc1. The number of halogens is 4. The Morgan fingerprint density at radius 2 is 1.54 bits per heavy atom. The maximum Gasteiger partial charge on any atom is 0.416 e. The smallest absolute Gasteiger partial charge is 0.416 e. The van der Waals surface area contributed by atoms with Gasteiger partial charge in [0.15, 0.2) is 0 Å². The van der Waals surface area contributed by atoms with Gasteiger partial charge in [0.25, 0.3) is 10.0 Å². The van der Waals surface area contributed by atoms with E-state index >= 15 is 0 Å². The summed E-state index contributed by atoms with van der Waals surface area (Å²) in [6.07, 6.45) is -3.37. The Kier molecular flexibility index (Phi) is 5.23. The molecule has 0 bridgehead atoms. The second-order valence-electron chi connectivity index (χ2n) is 5.57. The van der Waals surface area contributed by atoms with Gasteiger partial charge in [-0.2, -0.15) is 13.2 Å². The molecule has 1 N–H and O–H groups in total. The number of nitrogens with one attached hydrogen (secondary N) is 1. The Labute approximate surface area is 157 Å². The van der Waals surface area contributed by atoms with E-state index in [0.717, 1.165) is 12.1 Å². The lowest BCUT2D eigenvalue weighted by molar-refractivity contribution is -0.137. The fourth-order valence-corrected chi connectivity index (χ4v) is 3.20. The fraction of sp³-hybridized carbons (Fsp3) is 0.0556. The van der Waals surface area contributed by atoms with Crippen LogP contribution < -0.4 is 9.46 Å². The molecule has 0 unspecified atom stereocenters. The molecular formula is C18H12F4N2O3S. The molecule has 3 aromatic rings. The molecule has 5 nitrogen and oxygen atoms in total. The molecule has 0 aliphatic rings. The molecule has 0 aliphatic heterocycles. The maximum atomic E-state index is 12.9. The van der Waals surface area contributed by atoms with Crippen LogP contribution in [0.25, 0.3) is 0 Å². The van der Waals surface area contributed by atoms with Crippen molar-refractivity contribution in [2.75, 3.05) is 4.72 Å². The summed E-state index contributed by atoms with van der Waals surface area (Å²) < 4.78 is 82.8. The topological polar surface area (TPSA) is 68.3 Å². The van der Waals surface area contributed by atoms with Crippen LogP contribution in [0.4, 0.5) is 23.2 Å². The predicted molar refractivity (Wildman–Crippen MR) is 93.0 cm³/mol. The first-order valence-corrected chi connectivity index (χ1v) is 9.21. The zero-order valence-corrected chi connectivity index (χ0v) is 14.8. The molecule has 28 heavy (non-hydrogen) atoms. The van der Waals surface area contributed by atoms with Crippen molar-refractivity contribution in [3.05, 3.63) is 78.2 Å². The largest absolute Gasteiger partial charge is 0.439 e. The first-order chi connectivity index (χ1) is 13.1. The molecule has 2 aromatic carbocycles. The number of hydrogen-bond acceptors (Lipinski definition) is 4. The zero-order chi connectivity index (χ0) is 20.4. The number of sulfonamides is 1. The van der Waals surface area contributed by atoms with E-state index in [1.165, 1.54) is 42.6 Å². The summed E-state index contributed by atoms with van der Waals surface area (Å²) in [4.78, 5) is 3.60. The molecule has 0 spiro atoms. The Bertz CT molecular complexity index is 1050. The molecule has 0 saturated heterocycles. The Morgan fingerprint density at radius 1 is 0.893 bits per heavy atom. The van der Waals surface area contributed by atoms with Crippen LogP contribution >= 0.6 is 0 Å². The van der Waals surface area contributed by atoms with E-state index in [1.807, 2.05) is 0 Å². The molecule has 1 heterocycles. The van der Waals surface area contributed by atoms with Crippen LogP contribution in [0.1, 0.15) is 5.56 Å². The monoisotopic (exact) mass is 412 g/mol. The third-order valence-electron chi connectivity index (χ3n) is 3.52. The van der Waals surface area contributed by atoms with Crippen LogP contribution in [0.5, 0.6) is 11.6 Å². The highest BCUT2D eigenvalue weighted by molar-refractivity contribution is 7.92. The highest BCUT2D eigenvalue weighted by Crippen LogP contribution is 2.30. The molecule has 0 aliphatic carbocycles. The van der Waals surface area contributed by atoms with Crippen molar-refractivity contribution >= 4 is 15.7 Å². The molecular weight excluding hydrogens is 400 g/mol. The highest BCUT2D eigenvalue weighted by atomic mass is 32.2. The molecule has 0 fully saturated rings. The molecule has 3 rings (SSSR count). The van der Waals surface area contributed by atoms with Gasteiger partial charge in [0.05, 0.1) is 22.3 Å². The second kappa shape index (κ2) is 7.47. The summed E-state index contributed by atoms with van der Waals surface area (Å²) in [5, 5.41) is 0. The number of alkyl halides is 3. The lowest BCUT2D eigenvalue weighted by atomic mass is 10.2. The van der Waals surface area contributed by atoms with E-state index in [4.69, 9.17) is 4.74 Å². The van der Waals surface area contributed by atoms with Gasteiger partial charge in [0.1, 0.15) is 11.6 Å². The van der Waals surface area contributed by atoms with Crippen molar-refractivity contribution in [2.24, 2.45) is 0 Å².